The standard InChI is InChI=1S/C12H16N2O2S/c1-3-6-11(2)14-17(15,16)10-8-12-7-4-5-9-13-12/h1,4-5,7,9,11,14H,6,8,10H2,2H3. The molecular formula is C12H16N2O2S. The SMILES string of the molecule is C#CCC(C)NS(=O)(=O)CCc1ccccn1. The van der Waals surface area contributed by atoms with Gasteiger partial charge in [0, 0.05) is 30.8 Å². The normalized spacial score (nSPS) is 12.9. The molecule has 4 nitrogen and oxygen atoms in total. The van der Waals surface area contributed by atoms with E-state index in [4.69, 9.17) is 6.42 Å². The Morgan fingerprint density at radius 1 is 1.53 bits per heavy atom. The number of terminal acetylenes is 1. The van der Waals surface area contributed by atoms with Crippen molar-refractivity contribution in [2.24, 2.45) is 0 Å². The zero-order valence-electron chi connectivity index (χ0n) is 9.76. The van der Waals surface area contributed by atoms with Crippen LogP contribution in [-0.2, 0) is 16.4 Å². The topological polar surface area (TPSA) is 59.1 Å². The molecule has 1 N–H and O–H groups in total. The summed E-state index contributed by atoms with van der Waals surface area (Å²) < 4.78 is 25.9. The predicted octanol–water partition coefficient (Wildman–Crippen LogP) is 0.955. The average Bonchev–Trinajstić information content (AvgIpc) is 2.27. The molecule has 0 saturated carbocycles. The van der Waals surface area contributed by atoms with Gasteiger partial charge in [-0.25, -0.2) is 13.1 Å². The molecule has 0 aliphatic heterocycles. The number of aryl methyl sites for hydroxylation is 1. The Morgan fingerprint density at radius 2 is 2.29 bits per heavy atom. The Kier molecular flexibility index (Phi) is 5.13. The first-order valence-electron chi connectivity index (χ1n) is 5.37. The lowest BCUT2D eigenvalue weighted by Gasteiger charge is -2.11. The molecule has 0 aliphatic rings. The lowest BCUT2D eigenvalue weighted by atomic mass is 10.3. The highest BCUT2D eigenvalue weighted by atomic mass is 32.2. The number of sulfonamides is 1. The van der Waals surface area contributed by atoms with Crippen molar-refractivity contribution in [1.82, 2.24) is 9.71 Å². The molecule has 0 aliphatic carbocycles. The van der Waals surface area contributed by atoms with E-state index in [2.05, 4.69) is 15.6 Å². The van der Waals surface area contributed by atoms with Gasteiger partial charge in [-0.1, -0.05) is 6.07 Å². The molecule has 1 unspecified atom stereocenters. The van der Waals surface area contributed by atoms with Crippen molar-refractivity contribution in [2.45, 2.75) is 25.8 Å². The van der Waals surface area contributed by atoms with Gasteiger partial charge in [0.25, 0.3) is 0 Å². The van der Waals surface area contributed by atoms with Crippen LogP contribution in [0.25, 0.3) is 0 Å². The number of hydrogen-bond donors (Lipinski definition) is 1. The maximum atomic E-state index is 11.7. The first-order valence-corrected chi connectivity index (χ1v) is 7.02. The van der Waals surface area contributed by atoms with E-state index in [1.807, 2.05) is 6.07 Å². The van der Waals surface area contributed by atoms with Crippen LogP contribution in [0.5, 0.6) is 0 Å². The van der Waals surface area contributed by atoms with Crippen LogP contribution in [-0.4, -0.2) is 25.2 Å². The summed E-state index contributed by atoms with van der Waals surface area (Å²) in [6.07, 6.45) is 7.56. The van der Waals surface area contributed by atoms with E-state index in [1.165, 1.54) is 0 Å². The second-order valence-corrected chi connectivity index (χ2v) is 5.69. The van der Waals surface area contributed by atoms with Gasteiger partial charge in [-0.15, -0.1) is 12.3 Å². The van der Waals surface area contributed by atoms with E-state index in [0.29, 0.717) is 12.8 Å². The molecule has 0 saturated heterocycles. The van der Waals surface area contributed by atoms with E-state index in [0.717, 1.165) is 5.69 Å². The van der Waals surface area contributed by atoms with Gasteiger partial charge in [-0.05, 0) is 19.1 Å². The Labute approximate surface area is 103 Å². The summed E-state index contributed by atoms with van der Waals surface area (Å²) in [5.74, 6) is 2.45. The second-order valence-electron chi connectivity index (χ2n) is 3.82. The van der Waals surface area contributed by atoms with Crippen LogP contribution in [0.1, 0.15) is 19.0 Å². The molecule has 17 heavy (non-hydrogen) atoms. The highest BCUT2D eigenvalue weighted by Crippen LogP contribution is 1.99. The van der Waals surface area contributed by atoms with Gasteiger partial charge in [0.1, 0.15) is 0 Å². The van der Waals surface area contributed by atoms with Crippen LogP contribution >= 0.6 is 0 Å². The van der Waals surface area contributed by atoms with Crippen molar-refractivity contribution in [3.05, 3.63) is 30.1 Å². The minimum absolute atomic E-state index is 0.0267. The van der Waals surface area contributed by atoms with Crippen LogP contribution in [0.2, 0.25) is 0 Å². The largest absolute Gasteiger partial charge is 0.261 e. The van der Waals surface area contributed by atoms with Crippen molar-refractivity contribution in [2.75, 3.05) is 5.75 Å². The molecule has 1 rings (SSSR count). The zero-order valence-corrected chi connectivity index (χ0v) is 10.6. The van der Waals surface area contributed by atoms with E-state index in [-0.39, 0.29) is 11.8 Å². The fraction of sp³-hybridized carbons (Fsp3) is 0.417. The molecule has 92 valence electrons. The quantitative estimate of drug-likeness (QED) is 0.767. The summed E-state index contributed by atoms with van der Waals surface area (Å²) in [5.41, 5.74) is 0.766. The van der Waals surface area contributed by atoms with Crippen molar-refractivity contribution in [3.8, 4) is 12.3 Å². The predicted molar refractivity (Wildman–Crippen MR) is 67.8 cm³/mol. The number of hydrogen-bond acceptors (Lipinski definition) is 3. The summed E-state index contributed by atoms with van der Waals surface area (Å²) in [4.78, 5) is 4.07. The minimum Gasteiger partial charge on any atom is -0.261 e. The van der Waals surface area contributed by atoms with Crippen LogP contribution in [0, 0.1) is 12.3 Å². The van der Waals surface area contributed by atoms with Crippen molar-refractivity contribution in [1.29, 1.82) is 0 Å². The van der Waals surface area contributed by atoms with Crippen molar-refractivity contribution < 1.29 is 8.42 Å². The van der Waals surface area contributed by atoms with Gasteiger partial charge in [-0.2, -0.15) is 0 Å². The highest BCUT2D eigenvalue weighted by Gasteiger charge is 2.13. The van der Waals surface area contributed by atoms with Crippen LogP contribution in [0.4, 0.5) is 0 Å². The third-order valence-electron chi connectivity index (χ3n) is 2.16. The van der Waals surface area contributed by atoms with E-state index in [9.17, 15) is 8.42 Å². The van der Waals surface area contributed by atoms with Gasteiger partial charge >= 0.3 is 0 Å². The van der Waals surface area contributed by atoms with E-state index in [1.54, 1.807) is 25.3 Å². The molecule has 1 aromatic heterocycles. The fourth-order valence-electron chi connectivity index (χ4n) is 1.37. The Balaban J connectivity index is 2.48. The number of nitrogens with one attached hydrogen (secondary N) is 1. The fourth-order valence-corrected chi connectivity index (χ4v) is 2.66. The molecule has 0 bridgehead atoms. The molecule has 5 heteroatoms. The van der Waals surface area contributed by atoms with Gasteiger partial charge in [-0.3, -0.25) is 4.98 Å². The monoisotopic (exact) mass is 252 g/mol. The van der Waals surface area contributed by atoms with E-state index >= 15 is 0 Å². The summed E-state index contributed by atoms with van der Waals surface area (Å²) in [6.45, 7) is 1.75. The maximum Gasteiger partial charge on any atom is 0.212 e. The smallest absolute Gasteiger partial charge is 0.212 e. The number of aromatic nitrogens is 1. The first kappa shape index (κ1) is 13.7. The molecule has 0 radical (unpaired) electrons. The van der Waals surface area contributed by atoms with Crippen LogP contribution < -0.4 is 4.72 Å². The Bertz CT molecular complexity index is 477. The minimum atomic E-state index is -3.29. The lowest BCUT2D eigenvalue weighted by Crippen LogP contribution is -2.34. The summed E-state index contributed by atoms with van der Waals surface area (Å²) in [6, 6.07) is 5.21. The molecular weight excluding hydrogens is 236 g/mol. The maximum absolute atomic E-state index is 11.7. The van der Waals surface area contributed by atoms with Gasteiger partial charge < -0.3 is 0 Å². The number of rotatable bonds is 6. The molecule has 1 heterocycles. The number of nitrogens with zero attached hydrogens (tertiary/aromatic N) is 1. The van der Waals surface area contributed by atoms with Crippen LogP contribution in [0.15, 0.2) is 24.4 Å². The first-order chi connectivity index (χ1) is 8.03. The molecule has 0 fully saturated rings. The third-order valence-corrected chi connectivity index (χ3v) is 3.66. The number of pyridine rings is 1. The third kappa shape index (κ3) is 5.48. The molecule has 0 aromatic carbocycles. The highest BCUT2D eigenvalue weighted by molar-refractivity contribution is 7.89. The van der Waals surface area contributed by atoms with E-state index < -0.39 is 10.0 Å². The van der Waals surface area contributed by atoms with Crippen molar-refractivity contribution >= 4 is 10.0 Å². The summed E-state index contributed by atoms with van der Waals surface area (Å²) >= 11 is 0. The molecule has 1 atom stereocenters. The average molecular weight is 252 g/mol. The summed E-state index contributed by atoms with van der Waals surface area (Å²) in [7, 11) is -3.29. The van der Waals surface area contributed by atoms with Gasteiger partial charge in [0.2, 0.25) is 10.0 Å². The van der Waals surface area contributed by atoms with Crippen molar-refractivity contribution in [3.63, 3.8) is 0 Å². The second kappa shape index (κ2) is 6.38. The molecule has 1 aromatic rings. The lowest BCUT2D eigenvalue weighted by molar-refractivity contribution is 0.562. The summed E-state index contributed by atoms with van der Waals surface area (Å²) in [5, 5.41) is 0. The van der Waals surface area contributed by atoms with Gasteiger partial charge in [0.15, 0.2) is 0 Å². The Morgan fingerprint density at radius 3 is 2.88 bits per heavy atom. The zero-order chi connectivity index (χ0) is 12.7. The van der Waals surface area contributed by atoms with Gasteiger partial charge in [0.05, 0.1) is 5.75 Å². The molecule has 0 amide bonds. The molecule has 0 spiro atoms. The van der Waals surface area contributed by atoms with Crippen LogP contribution in [0.3, 0.4) is 0 Å². The Hall–Kier alpha value is -1.38.